The van der Waals surface area contributed by atoms with Crippen LogP contribution in [0.1, 0.15) is 88.2 Å². The standard InChI is InChI=1S/C24H35FO2/c1-16-3-5-19(6-4-16)22-12-11-21(13-23(22)25)18-7-9-20(10-8-18)24-26-14-17(2)15-27-24/h11-13,16-20,24H,3-10,14-15H2,1-2H3. The molecule has 4 rings (SSSR count). The largest absolute Gasteiger partial charge is 0.352 e. The molecule has 0 aromatic heterocycles. The summed E-state index contributed by atoms with van der Waals surface area (Å²) >= 11 is 0. The lowest BCUT2D eigenvalue weighted by atomic mass is 9.76. The number of hydrogen-bond acceptors (Lipinski definition) is 2. The summed E-state index contributed by atoms with van der Waals surface area (Å²) in [4.78, 5) is 0. The molecule has 3 fully saturated rings. The Balaban J connectivity index is 1.34. The highest BCUT2D eigenvalue weighted by molar-refractivity contribution is 5.30. The highest BCUT2D eigenvalue weighted by atomic mass is 19.1. The zero-order chi connectivity index (χ0) is 18.8. The van der Waals surface area contributed by atoms with E-state index in [1.165, 1.54) is 18.4 Å². The molecule has 2 saturated carbocycles. The molecule has 1 saturated heterocycles. The molecule has 0 amide bonds. The monoisotopic (exact) mass is 374 g/mol. The van der Waals surface area contributed by atoms with E-state index >= 15 is 0 Å². The summed E-state index contributed by atoms with van der Waals surface area (Å²) in [6, 6.07) is 6.14. The van der Waals surface area contributed by atoms with E-state index in [4.69, 9.17) is 9.47 Å². The summed E-state index contributed by atoms with van der Waals surface area (Å²) in [6.07, 6.45) is 9.20. The smallest absolute Gasteiger partial charge is 0.160 e. The molecule has 0 atom stereocenters. The molecule has 150 valence electrons. The lowest BCUT2D eigenvalue weighted by Gasteiger charge is -2.37. The molecule has 1 aromatic rings. The van der Waals surface area contributed by atoms with E-state index in [1.54, 1.807) is 0 Å². The van der Waals surface area contributed by atoms with Crippen LogP contribution < -0.4 is 0 Å². The van der Waals surface area contributed by atoms with Crippen molar-refractivity contribution in [3.8, 4) is 0 Å². The lowest BCUT2D eigenvalue weighted by Crippen LogP contribution is -2.37. The fourth-order valence-electron chi connectivity index (χ4n) is 5.31. The van der Waals surface area contributed by atoms with Gasteiger partial charge in [0.25, 0.3) is 0 Å². The van der Waals surface area contributed by atoms with E-state index in [2.05, 4.69) is 26.0 Å². The second kappa shape index (κ2) is 8.61. The molecule has 0 bridgehead atoms. The first-order chi connectivity index (χ1) is 13.1. The molecule has 0 spiro atoms. The van der Waals surface area contributed by atoms with Crippen LogP contribution in [0.15, 0.2) is 18.2 Å². The van der Waals surface area contributed by atoms with Gasteiger partial charge < -0.3 is 9.47 Å². The van der Waals surface area contributed by atoms with Crippen molar-refractivity contribution in [1.29, 1.82) is 0 Å². The summed E-state index contributed by atoms with van der Waals surface area (Å²) in [5, 5.41) is 0. The maximum atomic E-state index is 14.9. The molecular weight excluding hydrogens is 339 g/mol. The van der Waals surface area contributed by atoms with Crippen molar-refractivity contribution in [3.63, 3.8) is 0 Å². The summed E-state index contributed by atoms with van der Waals surface area (Å²) in [5.74, 6) is 2.75. The normalized spacial score (nSPS) is 37.9. The predicted molar refractivity (Wildman–Crippen MR) is 106 cm³/mol. The minimum absolute atomic E-state index is 0.0186. The van der Waals surface area contributed by atoms with Gasteiger partial charge in [-0.2, -0.15) is 0 Å². The number of benzene rings is 1. The first kappa shape index (κ1) is 19.4. The summed E-state index contributed by atoms with van der Waals surface area (Å²) in [6.45, 7) is 6.11. The molecule has 27 heavy (non-hydrogen) atoms. The van der Waals surface area contributed by atoms with Crippen LogP contribution in [0.4, 0.5) is 4.39 Å². The molecule has 3 heteroatoms. The van der Waals surface area contributed by atoms with Crippen molar-refractivity contribution in [2.24, 2.45) is 17.8 Å². The third-order valence-corrected chi connectivity index (χ3v) is 7.20. The second-order valence-electron chi connectivity index (χ2n) is 9.49. The summed E-state index contributed by atoms with van der Waals surface area (Å²) < 4.78 is 26.6. The molecule has 0 N–H and O–H groups in total. The number of rotatable bonds is 3. The summed E-state index contributed by atoms with van der Waals surface area (Å²) in [7, 11) is 0. The quantitative estimate of drug-likeness (QED) is 0.609. The van der Waals surface area contributed by atoms with Gasteiger partial charge >= 0.3 is 0 Å². The topological polar surface area (TPSA) is 18.5 Å². The van der Waals surface area contributed by atoms with Crippen molar-refractivity contribution in [2.45, 2.75) is 83.3 Å². The fourth-order valence-corrected chi connectivity index (χ4v) is 5.31. The Morgan fingerprint density at radius 1 is 0.778 bits per heavy atom. The lowest BCUT2D eigenvalue weighted by molar-refractivity contribution is -0.226. The first-order valence-electron chi connectivity index (χ1n) is 11.1. The van der Waals surface area contributed by atoms with Crippen molar-refractivity contribution in [1.82, 2.24) is 0 Å². The van der Waals surface area contributed by atoms with Crippen molar-refractivity contribution in [2.75, 3.05) is 13.2 Å². The van der Waals surface area contributed by atoms with Gasteiger partial charge in [0.2, 0.25) is 0 Å². The van der Waals surface area contributed by atoms with Gasteiger partial charge in [0.1, 0.15) is 5.82 Å². The van der Waals surface area contributed by atoms with Gasteiger partial charge in [0.05, 0.1) is 13.2 Å². The van der Waals surface area contributed by atoms with Gasteiger partial charge in [0, 0.05) is 11.8 Å². The fraction of sp³-hybridized carbons (Fsp3) is 0.750. The molecule has 2 aliphatic carbocycles. The van der Waals surface area contributed by atoms with E-state index in [-0.39, 0.29) is 12.1 Å². The van der Waals surface area contributed by atoms with E-state index in [0.29, 0.717) is 23.7 Å². The highest BCUT2D eigenvalue weighted by Crippen LogP contribution is 2.41. The molecule has 2 nitrogen and oxygen atoms in total. The molecule has 3 aliphatic rings. The Bertz CT molecular complexity index is 607. The van der Waals surface area contributed by atoms with E-state index < -0.39 is 0 Å². The summed E-state index contributed by atoms with van der Waals surface area (Å²) in [5.41, 5.74) is 2.15. The number of ether oxygens (including phenoxy) is 2. The Morgan fingerprint density at radius 3 is 2.04 bits per heavy atom. The van der Waals surface area contributed by atoms with Crippen LogP contribution in [0.5, 0.6) is 0 Å². The van der Waals surface area contributed by atoms with Crippen molar-refractivity contribution < 1.29 is 13.9 Å². The van der Waals surface area contributed by atoms with Crippen LogP contribution >= 0.6 is 0 Å². The average molecular weight is 375 g/mol. The molecule has 0 radical (unpaired) electrons. The van der Waals surface area contributed by atoms with Gasteiger partial charge in [-0.3, -0.25) is 0 Å². The van der Waals surface area contributed by atoms with Crippen LogP contribution in [-0.4, -0.2) is 19.5 Å². The maximum Gasteiger partial charge on any atom is 0.160 e. The van der Waals surface area contributed by atoms with Crippen molar-refractivity contribution in [3.05, 3.63) is 35.1 Å². The third-order valence-electron chi connectivity index (χ3n) is 7.20. The van der Waals surface area contributed by atoms with Crippen LogP contribution in [0.25, 0.3) is 0 Å². The Morgan fingerprint density at radius 2 is 1.41 bits per heavy atom. The van der Waals surface area contributed by atoms with Gasteiger partial charge in [-0.25, -0.2) is 4.39 Å². The van der Waals surface area contributed by atoms with Crippen molar-refractivity contribution >= 4 is 0 Å². The molecule has 1 aliphatic heterocycles. The second-order valence-corrected chi connectivity index (χ2v) is 9.49. The van der Waals surface area contributed by atoms with Crippen LogP contribution in [0.2, 0.25) is 0 Å². The molecule has 1 aromatic carbocycles. The minimum Gasteiger partial charge on any atom is -0.352 e. The van der Waals surface area contributed by atoms with Gasteiger partial charge in [-0.15, -0.1) is 0 Å². The van der Waals surface area contributed by atoms with E-state index in [1.807, 2.05) is 6.07 Å². The zero-order valence-electron chi connectivity index (χ0n) is 17.0. The third kappa shape index (κ3) is 4.56. The average Bonchev–Trinajstić information content (AvgIpc) is 2.69. The Labute approximate surface area is 163 Å². The number of hydrogen-bond donors (Lipinski definition) is 0. The van der Waals surface area contributed by atoms with Crippen LogP contribution in [0.3, 0.4) is 0 Å². The van der Waals surface area contributed by atoms with Gasteiger partial charge in [-0.05, 0) is 73.5 Å². The zero-order valence-corrected chi connectivity index (χ0v) is 17.0. The van der Waals surface area contributed by atoms with E-state index in [9.17, 15) is 4.39 Å². The SMILES string of the molecule is CC1CCC(c2ccc(C3CCC(C4OCC(C)CO4)CC3)cc2F)CC1. The van der Waals surface area contributed by atoms with Crippen LogP contribution in [0, 0.1) is 23.6 Å². The number of halogens is 1. The Kier molecular flexibility index (Phi) is 6.18. The molecule has 1 heterocycles. The predicted octanol–water partition coefficient (Wildman–Crippen LogP) is 6.40. The molecular formula is C24H35FO2. The van der Waals surface area contributed by atoms with E-state index in [0.717, 1.165) is 63.2 Å². The minimum atomic E-state index is -0.0186. The van der Waals surface area contributed by atoms with Crippen LogP contribution in [-0.2, 0) is 9.47 Å². The first-order valence-corrected chi connectivity index (χ1v) is 11.1. The Hall–Kier alpha value is -0.930. The maximum absolute atomic E-state index is 14.9. The molecule has 0 unspecified atom stereocenters. The van der Waals surface area contributed by atoms with Gasteiger partial charge in [-0.1, -0.05) is 38.8 Å². The highest BCUT2D eigenvalue weighted by Gasteiger charge is 2.32. The van der Waals surface area contributed by atoms with Gasteiger partial charge in [0.15, 0.2) is 6.29 Å².